The second kappa shape index (κ2) is 16.2. The summed E-state index contributed by atoms with van der Waals surface area (Å²) in [6.45, 7) is 8.86. The van der Waals surface area contributed by atoms with Crippen LogP contribution in [0.25, 0.3) is 0 Å². The van der Waals surface area contributed by atoms with Crippen LogP contribution in [0.1, 0.15) is 88.6 Å². The van der Waals surface area contributed by atoms with E-state index in [-0.39, 0.29) is 36.0 Å². The standard InChI is InChI=1S/C38H51N9O4S/c1-25-11-8-9-20-46(25)36(41)47-23-28(16-19-34(47)40)51-32-18-17-31(29-14-6-7-15-30(29)32)44-37(48)45-35(22-33(39)38(2,3)4)43-27-13-10-12-26(21-27)24-50-52(5,42)49/h6-7,10,12-16,19,21-23,25,31-32,40-42H,8-9,11,17-18,20,24H2,1-5H3,(H4,39,43,44,45,48)/p+1/t25-,31-,32+,52?/m0/s1. The molecule has 2 aromatic carbocycles. The smallest absolute Gasteiger partial charge is 0.346 e. The molecule has 4 atom stereocenters. The minimum absolute atomic E-state index is 0.0167. The average molecular weight is 731 g/mol. The number of amides is 2. The molecule has 2 amide bonds. The quantitative estimate of drug-likeness (QED) is 0.0902. The first kappa shape index (κ1) is 38.3. The Kier molecular flexibility index (Phi) is 11.9. The zero-order valence-electron chi connectivity index (χ0n) is 30.6. The molecule has 0 radical (unpaired) electrons. The number of likely N-dealkylation sites (tertiary alicyclic amines) is 1. The average Bonchev–Trinajstić information content (AvgIpc) is 3.08. The molecule has 13 nitrogen and oxygen atoms in total. The molecule has 8 N–H and O–H groups in total. The molecular weight excluding hydrogens is 679 g/mol. The lowest BCUT2D eigenvalue weighted by molar-refractivity contribution is -0.552. The highest BCUT2D eigenvalue weighted by atomic mass is 32.2. The Morgan fingerprint density at radius 2 is 1.85 bits per heavy atom. The lowest BCUT2D eigenvalue weighted by Gasteiger charge is -2.33. The summed E-state index contributed by atoms with van der Waals surface area (Å²) >= 11 is 0. The van der Waals surface area contributed by atoms with Gasteiger partial charge >= 0.3 is 12.0 Å². The van der Waals surface area contributed by atoms with Gasteiger partial charge < -0.3 is 21.5 Å². The highest BCUT2D eigenvalue weighted by molar-refractivity contribution is 7.87. The number of urea groups is 1. The van der Waals surface area contributed by atoms with Gasteiger partial charge in [0.25, 0.3) is 0 Å². The largest absolute Gasteiger partial charge is 0.483 e. The van der Waals surface area contributed by atoms with E-state index in [4.69, 9.17) is 30.6 Å². The Morgan fingerprint density at radius 3 is 2.56 bits per heavy atom. The number of nitrogens with zero attached hydrogens (tertiary/aromatic N) is 3. The third-order valence-electron chi connectivity index (χ3n) is 9.29. The molecule has 1 saturated heterocycles. The van der Waals surface area contributed by atoms with Gasteiger partial charge in [0.1, 0.15) is 23.9 Å². The Labute approximate surface area is 307 Å². The Hall–Kier alpha value is -4.95. The summed E-state index contributed by atoms with van der Waals surface area (Å²) < 4.78 is 32.6. The molecule has 5 rings (SSSR count). The van der Waals surface area contributed by atoms with Gasteiger partial charge in [-0.05, 0) is 73.9 Å². The van der Waals surface area contributed by atoms with Crippen molar-refractivity contribution in [3.63, 3.8) is 0 Å². The summed E-state index contributed by atoms with van der Waals surface area (Å²) in [4.78, 5) is 20.3. The summed E-state index contributed by atoms with van der Waals surface area (Å²) in [5.74, 6) is 1.66. The molecule has 1 aromatic heterocycles. The monoisotopic (exact) mass is 730 g/mol. The van der Waals surface area contributed by atoms with Gasteiger partial charge in [0, 0.05) is 29.5 Å². The summed E-state index contributed by atoms with van der Waals surface area (Å²) in [7, 11) is -3.12. The van der Waals surface area contributed by atoms with Crippen LogP contribution in [0.2, 0.25) is 0 Å². The summed E-state index contributed by atoms with van der Waals surface area (Å²) in [6, 6.07) is 18.1. The van der Waals surface area contributed by atoms with Crippen molar-refractivity contribution in [3.8, 4) is 5.75 Å². The van der Waals surface area contributed by atoms with Crippen LogP contribution in [-0.2, 0) is 20.8 Å². The number of carbonyl (C=O) groups excluding carboxylic acids is 1. The number of aliphatic imine (C=N–C) groups is 1. The van der Waals surface area contributed by atoms with E-state index < -0.39 is 16.0 Å². The normalized spacial score (nSPS) is 20.7. The molecule has 3 aromatic rings. The molecule has 0 spiro atoms. The maximum absolute atomic E-state index is 13.6. The van der Waals surface area contributed by atoms with Gasteiger partial charge in [0.2, 0.25) is 0 Å². The van der Waals surface area contributed by atoms with Gasteiger partial charge in [-0.15, -0.1) is 0 Å². The van der Waals surface area contributed by atoms with E-state index in [1.807, 2.05) is 51.1 Å². The minimum atomic E-state index is -3.12. The number of piperidine rings is 1. The number of pyridine rings is 1. The van der Waals surface area contributed by atoms with E-state index in [1.54, 1.807) is 47.2 Å². The molecule has 2 aliphatic rings. The molecule has 0 saturated carbocycles. The van der Waals surface area contributed by atoms with Crippen LogP contribution in [0, 0.1) is 15.6 Å². The lowest BCUT2D eigenvalue weighted by Crippen LogP contribution is -2.57. The van der Waals surface area contributed by atoms with Crippen LogP contribution in [0.3, 0.4) is 0 Å². The van der Waals surface area contributed by atoms with Crippen LogP contribution in [-0.4, -0.2) is 45.8 Å². The number of nitrogens with two attached hydrogens (primary N) is 2. The van der Waals surface area contributed by atoms with Crippen LogP contribution >= 0.6 is 0 Å². The van der Waals surface area contributed by atoms with Crippen molar-refractivity contribution < 1.29 is 22.5 Å². The van der Waals surface area contributed by atoms with Crippen LogP contribution in [0.4, 0.5) is 16.3 Å². The fraction of sp³-hybridized carbons (Fsp3) is 0.421. The number of nitrogen functional groups attached to an aromatic ring is 1. The lowest BCUT2D eigenvalue weighted by atomic mass is 9.85. The van der Waals surface area contributed by atoms with Crippen molar-refractivity contribution in [1.29, 1.82) is 10.2 Å². The molecular formula is C38H52N9O4S+. The van der Waals surface area contributed by atoms with E-state index in [0.717, 1.165) is 36.9 Å². The van der Waals surface area contributed by atoms with Gasteiger partial charge in [-0.25, -0.2) is 18.8 Å². The van der Waals surface area contributed by atoms with E-state index in [0.29, 0.717) is 47.3 Å². The first-order valence-corrected chi connectivity index (χ1v) is 19.5. The molecule has 0 bridgehead atoms. The molecule has 14 heteroatoms. The number of aromatic nitrogens is 1. The second-order valence-electron chi connectivity index (χ2n) is 14.5. The van der Waals surface area contributed by atoms with E-state index in [2.05, 4.69) is 27.4 Å². The molecule has 1 aliphatic carbocycles. The predicted octanol–water partition coefficient (Wildman–Crippen LogP) is 6.19. The molecule has 2 heterocycles. The maximum atomic E-state index is 13.6. The van der Waals surface area contributed by atoms with Crippen LogP contribution < -0.4 is 31.4 Å². The summed E-state index contributed by atoms with van der Waals surface area (Å²) in [5, 5.41) is 14.9. The van der Waals surface area contributed by atoms with Crippen molar-refractivity contribution in [2.75, 3.05) is 18.5 Å². The molecule has 278 valence electrons. The maximum Gasteiger partial charge on any atom is 0.346 e. The SMILES string of the molecule is C[C@H]1CCCCN1C(=N)[n+]1cc(O[C@@H]2CC[C@H](NC(=O)NC(C=C(N)C(C)(C)C)=Nc3cccc(COS(C)(=N)=O)c3)c3ccccc32)ccc1N. The number of carbonyl (C=O) groups is 1. The van der Waals surface area contributed by atoms with Crippen molar-refractivity contribution in [2.24, 2.45) is 16.1 Å². The van der Waals surface area contributed by atoms with Crippen molar-refractivity contribution in [1.82, 2.24) is 15.5 Å². The highest BCUT2D eigenvalue weighted by Crippen LogP contribution is 2.38. The second-order valence-corrected chi connectivity index (χ2v) is 16.3. The highest BCUT2D eigenvalue weighted by Gasteiger charge is 2.31. The first-order chi connectivity index (χ1) is 24.6. The number of anilines is 1. The number of rotatable bonds is 8. The van der Waals surface area contributed by atoms with Crippen LogP contribution in [0.15, 0.2) is 83.6 Å². The molecule has 52 heavy (non-hydrogen) atoms. The third kappa shape index (κ3) is 10.1. The Balaban J connectivity index is 1.32. The Morgan fingerprint density at radius 1 is 1.10 bits per heavy atom. The zero-order chi connectivity index (χ0) is 37.6. The minimum Gasteiger partial charge on any atom is -0.483 e. The summed E-state index contributed by atoms with van der Waals surface area (Å²) in [5.41, 5.74) is 16.0. The number of nitrogens with one attached hydrogen (secondary N) is 4. The van der Waals surface area contributed by atoms with Gasteiger partial charge in [0.05, 0.1) is 30.9 Å². The van der Waals surface area contributed by atoms with Crippen molar-refractivity contribution in [3.05, 3.63) is 95.3 Å². The number of amidine groups is 1. The molecule has 1 unspecified atom stereocenters. The fourth-order valence-corrected chi connectivity index (χ4v) is 6.65. The van der Waals surface area contributed by atoms with Gasteiger partial charge in [-0.1, -0.05) is 57.2 Å². The predicted molar refractivity (Wildman–Crippen MR) is 204 cm³/mol. The number of hydrogen-bond donors (Lipinski definition) is 6. The van der Waals surface area contributed by atoms with E-state index in [9.17, 15) is 9.00 Å². The zero-order valence-corrected chi connectivity index (χ0v) is 31.5. The van der Waals surface area contributed by atoms with E-state index in [1.165, 1.54) is 6.26 Å². The number of ether oxygens (including phenoxy) is 1. The summed E-state index contributed by atoms with van der Waals surface area (Å²) in [6.07, 6.45) is 8.90. The number of allylic oxidation sites excluding steroid dienone is 1. The van der Waals surface area contributed by atoms with Crippen LogP contribution in [0.5, 0.6) is 5.75 Å². The van der Waals surface area contributed by atoms with E-state index >= 15 is 0 Å². The number of hydrogen-bond acceptors (Lipinski definition) is 9. The molecule has 1 aliphatic heterocycles. The van der Waals surface area contributed by atoms with Crippen molar-refractivity contribution in [2.45, 2.75) is 84.6 Å². The number of benzene rings is 2. The Bertz CT molecular complexity index is 1960. The number of fused-ring (bicyclic) bond motifs is 1. The van der Waals surface area contributed by atoms with Gasteiger partial charge in [-0.3, -0.25) is 14.4 Å². The van der Waals surface area contributed by atoms with Crippen molar-refractivity contribution >= 4 is 39.3 Å². The molecule has 1 fully saturated rings. The van der Waals surface area contributed by atoms with Gasteiger partial charge in [-0.2, -0.15) is 9.98 Å². The third-order valence-corrected chi connectivity index (χ3v) is 9.85. The first-order valence-electron chi connectivity index (χ1n) is 17.6. The topological polar surface area (TPSA) is 196 Å². The fourth-order valence-electron chi connectivity index (χ4n) is 6.29. The van der Waals surface area contributed by atoms with Gasteiger partial charge in [0.15, 0.2) is 15.8 Å².